The number of rotatable bonds is 12. The highest BCUT2D eigenvalue weighted by atomic mass is 32.2. The summed E-state index contributed by atoms with van der Waals surface area (Å²) < 4.78 is 10.5. The molecular formula is C28H41N3O7S. The van der Waals surface area contributed by atoms with Crippen LogP contribution in [0.4, 0.5) is 0 Å². The fraction of sp³-hybridized carbons (Fsp3) is 0.643. The van der Waals surface area contributed by atoms with E-state index in [2.05, 4.69) is 10.6 Å². The van der Waals surface area contributed by atoms with Crippen molar-refractivity contribution in [3.63, 3.8) is 0 Å². The molecule has 0 radical (unpaired) electrons. The molecule has 1 aliphatic heterocycles. The van der Waals surface area contributed by atoms with Crippen molar-refractivity contribution in [1.82, 2.24) is 15.5 Å². The second-order valence-electron chi connectivity index (χ2n) is 10.5. The number of hydrogen-bond donors (Lipinski definition) is 3. The Balaban J connectivity index is 1.70. The third kappa shape index (κ3) is 8.94. The van der Waals surface area contributed by atoms with Crippen LogP contribution in [0, 0.1) is 5.92 Å². The number of phenols is 1. The van der Waals surface area contributed by atoms with Crippen LogP contribution < -0.4 is 10.6 Å². The minimum atomic E-state index is -1.17. The largest absolute Gasteiger partial charge is 0.508 e. The van der Waals surface area contributed by atoms with Crippen LogP contribution in [0.5, 0.6) is 5.75 Å². The predicted octanol–water partition coefficient (Wildman–Crippen LogP) is 2.03. The first-order chi connectivity index (χ1) is 18.6. The maximum absolute atomic E-state index is 13.7. The topological polar surface area (TPSA) is 134 Å². The fourth-order valence-electron chi connectivity index (χ4n) is 4.91. The van der Waals surface area contributed by atoms with Crippen LogP contribution in [0.1, 0.15) is 52.0 Å². The number of esters is 1. The van der Waals surface area contributed by atoms with Crippen LogP contribution in [-0.4, -0.2) is 89.2 Å². The van der Waals surface area contributed by atoms with Gasteiger partial charge in [0, 0.05) is 19.5 Å². The maximum Gasteiger partial charge on any atom is 0.328 e. The fourth-order valence-corrected chi connectivity index (χ4v) is 5.89. The Bertz CT molecular complexity index is 989. The van der Waals surface area contributed by atoms with Crippen molar-refractivity contribution in [3.8, 4) is 5.75 Å². The second kappa shape index (κ2) is 14.7. The summed E-state index contributed by atoms with van der Waals surface area (Å²) in [6.45, 7) is 8.40. The van der Waals surface area contributed by atoms with Crippen molar-refractivity contribution in [1.29, 1.82) is 0 Å². The summed E-state index contributed by atoms with van der Waals surface area (Å²) in [5.74, 6) is -1.38. The van der Waals surface area contributed by atoms with Crippen LogP contribution >= 0.6 is 11.8 Å². The van der Waals surface area contributed by atoms with Crippen molar-refractivity contribution in [2.24, 2.45) is 5.92 Å². The number of aromatic hydroxyl groups is 1. The van der Waals surface area contributed by atoms with Gasteiger partial charge in [0.15, 0.2) is 0 Å². The number of benzene rings is 1. The third-order valence-corrected chi connectivity index (χ3v) is 8.49. The van der Waals surface area contributed by atoms with Gasteiger partial charge in [-0.1, -0.05) is 50.6 Å². The van der Waals surface area contributed by atoms with Crippen LogP contribution in [0.15, 0.2) is 24.3 Å². The number of ether oxygens (including phenoxy) is 2. The molecule has 1 aromatic rings. The molecule has 2 amide bonds. The summed E-state index contributed by atoms with van der Waals surface area (Å²) in [5.41, 5.74) is -0.428. The molecule has 1 heterocycles. The third-order valence-electron chi connectivity index (χ3n) is 7.09. The summed E-state index contributed by atoms with van der Waals surface area (Å²) in [5, 5.41) is 14.7. The van der Waals surface area contributed by atoms with Crippen molar-refractivity contribution < 1.29 is 33.8 Å². The van der Waals surface area contributed by atoms with Gasteiger partial charge in [-0.2, -0.15) is 0 Å². The number of carbonyl (C=O) groups is 4. The Morgan fingerprint density at radius 2 is 1.74 bits per heavy atom. The molecule has 0 aromatic heterocycles. The Morgan fingerprint density at radius 1 is 1.10 bits per heavy atom. The first-order valence-corrected chi connectivity index (χ1v) is 14.6. The number of hydrogen-bond acceptors (Lipinski definition) is 9. The maximum atomic E-state index is 13.7. The van der Waals surface area contributed by atoms with Gasteiger partial charge in [-0.3, -0.25) is 19.3 Å². The molecule has 1 aliphatic carbocycles. The van der Waals surface area contributed by atoms with Gasteiger partial charge < -0.3 is 25.2 Å². The van der Waals surface area contributed by atoms with Crippen LogP contribution in [0.3, 0.4) is 0 Å². The zero-order valence-electron chi connectivity index (χ0n) is 23.1. The van der Waals surface area contributed by atoms with E-state index in [9.17, 15) is 24.3 Å². The molecule has 0 spiro atoms. The first-order valence-electron chi connectivity index (χ1n) is 13.7. The number of amides is 2. The molecule has 2 aliphatic rings. The highest BCUT2D eigenvalue weighted by Crippen LogP contribution is 2.32. The molecule has 1 saturated carbocycles. The van der Waals surface area contributed by atoms with Crippen LogP contribution in [0.25, 0.3) is 0 Å². The van der Waals surface area contributed by atoms with Crippen LogP contribution in [-0.2, 0) is 35.1 Å². The van der Waals surface area contributed by atoms with E-state index in [-0.39, 0.29) is 42.3 Å². The number of nitrogens with zero attached hydrogens (tertiary/aromatic N) is 1. The quantitative estimate of drug-likeness (QED) is 0.327. The summed E-state index contributed by atoms with van der Waals surface area (Å²) >= 11 is 1.02. The summed E-state index contributed by atoms with van der Waals surface area (Å²) in [6, 6.07) is 5.43. The van der Waals surface area contributed by atoms with Gasteiger partial charge in [-0.05, 0) is 43.4 Å². The van der Waals surface area contributed by atoms with Crippen molar-refractivity contribution in [2.45, 2.75) is 69.7 Å². The van der Waals surface area contributed by atoms with Gasteiger partial charge in [-0.15, -0.1) is 0 Å². The number of phenolic OH excluding ortho intramolecular Hbond substituents is 1. The zero-order valence-corrected chi connectivity index (χ0v) is 23.9. The van der Waals surface area contributed by atoms with Gasteiger partial charge in [0.1, 0.15) is 17.3 Å². The monoisotopic (exact) mass is 563 g/mol. The zero-order chi connectivity index (χ0) is 28.4. The lowest BCUT2D eigenvalue weighted by molar-refractivity contribution is -0.148. The number of nitrogens with one attached hydrogen (secondary N) is 2. The van der Waals surface area contributed by atoms with E-state index in [1.165, 1.54) is 12.1 Å². The van der Waals surface area contributed by atoms with Crippen molar-refractivity contribution >= 4 is 34.7 Å². The predicted molar refractivity (Wildman–Crippen MR) is 148 cm³/mol. The van der Waals surface area contributed by atoms with Gasteiger partial charge in [0.2, 0.25) is 16.9 Å². The number of carbonyl (C=O) groups excluding carboxylic acids is 4. The molecule has 10 nitrogen and oxygen atoms in total. The van der Waals surface area contributed by atoms with E-state index in [0.29, 0.717) is 39.1 Å². The second-order valence-corrected chi connectivity index (χ2v) is 11.7. The molecule has 1 aromatic carbocycles. The number of thioether (sulfide) groups is 1. The molecule has 3 N–H and O–H groups in total. The normalized spacial score (nSPS) is 18.8. The van der Waals surface area contributed by atoms with E-state index in [4.69, 9.17) is 9.47 Å². The average molecular weight is 564 g/mol. The Morgan fingerprint density at radius 3 is 2.33 bits per heavy atom. The molecule has 1 saturated heterocycles. The summed E-state index contributed by atoms with van der Waals surface area (Å²) in [7, 11) is 0. The molecule has 2 fully saturated rings. The molecule has 39 heavy (non-hydrogen) atoms. The smallest absolute Gasteiger partial charge is 0.328 e. The molecule has 11 heteroatoms. The van der Waals surface area contributed by atoms with Crippen molar-refractivity contribution in [3.05, 3.63) is 29.8 Å². The SMILES string of the molecule is CCOC(=O)[C@H](Cc1ccc(O)cc1)NC(=O)C1(NC(=O)[C@@H](SC(=O)CN2CCOCC2)C(C)C)CCCC1. The lowest BCUT2D eigenvalue weighted by Gasteiger charge is -2.33. The van der Waals surface area contributed by atoms with Gasteiger partial charge >= 0.3 is 5.97 Å². The Kier molecular flexibility index (Phi) is 11.6. The van der Waals surface area contributed by atoms with Crippen LogP contribution in [0.2, 0.25) is 0 Å². The summed E-state index contributed by atoms with van der Waals surface area (Å²) in [6.07, 6.45) is 2.57. The molecule has 0 unspecified atom stereocenters. The molecule has 216 valence electrons. The van der Waals surface area contributed by atoms with E-state index in [1.54, 1.807) is 19.1 Å². The molecule has 3 rings (SSSR count). The molecule has 0 bridgehead atoms. The van der Waals surface area contributed by atoms with Crippen molar-refractivity contribution in [2.75, 3.05) is 39.5 Å². The van der Waals surface area contributed by atoms with E-state index in [1.807, 2.05) is 18.7 Å². The van der Waals surface area contributed by atoms with Gasteiger partial charge in [-0.25, -0.2) is 4.79 Å². The molecule has 2 atom stereocenters. The minimum absolute atomic E-state index is 0.0908. The number of morpholine rings is 1. The molecular weight excluding hydrogens is 522 g/mol. The standard InChI is InChI=1S/C28H41N3O7S/c1-4-38-26(35)22(17-20-7-9-21(32)10-8-20)29-27(36)28(11-5-6-12-28)30-25(34)24(19(2)3)39-23(33)18-31-13-15-37-16-14-31/h7-10,19,22,24,32H,4-6,11-18H2,1-3H3,(H,29,36)(H,30,34)/t22-,24-/m0/s1. The lowest BCUT2D eigenvalue weighted by Crippen LogP contribution is -2.61. The van der Waals surface area contributed by atoms with E-state index in [0.717, 1.165) is 30.2 Å². The van der Waals surface area contributed by atoms with Gasteiger partial charge in [0.05, 0.1) is 31.6 Å². The first kappa shape index (κ1) is 30.9. The van der Waals surface area contributed by atoms with Gasteiger partial charge in [0.25, 0.3) is 0 Å². The highest BCUT2D eigenvalue weighted by molar-refractivity contribution is 8.14. The van der Waals surface area contributed by atoms with E-state index < -0.39 is 28.7 Å². The lowest BCUT2D eigenvalue weighted by atomic mass is 9.94. The summed E-state index contributed by atoms with van der Waals surface area (Å²) in [4.78, 5) is 54.8. The highest BCUT2D eigenvalue weighted by Gasteiger charge is 2.45. The Hall–Kier alpha value is -2.63. The average Bonchev–Trinajstić information content (AvgIpc) is 3.38. The Labute approximate surface area is 234 Å². The minimum Gasteiger partial charge on any atom is -0.508 e. The van der Waals surface area contributed by atoms with E-state index >= 15 is 0 Å².